The van der Waals surface area contributed by atoms with Gasteiger partial charge in [0, 0.05) is 5.56 Å². The Morgan fingerprint density at radius 3 is 2.20 bits per heavy atom. The lowest BCUT2D eigenvalue weighted by Crippen LogP contribution is -2.24. The number of ketones is 1. The molecule has 0 heterocycles. The van der Waals surface area contributed by atoms with Gasteiger partial charge < -0.3 is 0 Å². The van der Waals surface area contributed by atoms with Crippen molar-refractivity contribution in [3.8, 4) is 0 Å². The minimum Gasteiger partial charge on any atom is -0.284 e. The molecule has 0 N–H and O–H groups in total. The Bertz CT molecular complexity index is 408. The first-order valence-corrected chi connectivity index (χ1v) is 3.81. The largest absolute Gasteiger partial charge is 0.454 e. The molecule has 0 aliphatic rings. The van der Waals surface area contributed by atoms with E-state index in [4.69, 9.17) is 0 Å². The molecule has 82 valence electrons. The van der Waals surface area contributed by atoms with Crippen LogP contribution in [0.1, 0.15) is 15.9 Å². The maximum Gasteiger partial charge on any atom is 0.454 e. The van der Waals surface area contributed by atoms with E-state index in [2.05, 4.69) is 0 Å². The van der Waals surface area contributed by atoms with Gasteiger partial charge in [0.1, 0.15) is 0 Å². The van der Waals surface area contributed by atoms with Gasteiger partial charge in [0.2, 0.25) is 0 Å². The number of alkyl halides is 3. The Morgan fingerprint density at radius 2 is 1.73 bits per heavy atom. The molecule has 1 aromatic rings. The fourth-order valence-corrected chi connectivity index (χ4v) is 1.05. The molecule has 0 saturated heterocycles. The Kier molecular flexibility index (Phi) is 2.79. The molecular formula is C9H5F5O. The monoisotopic (exact) mass is 224 g/mol. The molecule has 0 spiro atoms. The lowest BCUT2D eigenvalue weighted by Gasteiger charge is -2.08. The third-order valence-corrected chi connectivity index (χ3v) is 1.84. The van der Waals surface area contributed by atoms with Crippen LogP contribution >= 0.6 is 0 Å². The zero-order valence-electron chi connectivity index (χ0n) is 7.45. The summed E-state index contributed by atoms with van der Waals surface area (Å²) in [7, 11) is 0. The number of halogens is 5. The van der Waals surface area contributed by atoms with Gasteiger partial charge in [0.25, 0.3) is 5.78 Å². The first kappa shape index (κ1) is 11.6. The van der Waals surface area contributed by atoms with Gasteiger partial charge in [-0.3, -0.25) is 4.79 Å². The summed E-state index contributed by atoms with van der Waals surface area (Å²) in [5, 5.41) is 0. The molecule has 0 bridgehead atoms. The van der Waals surface area contributed by atoms with Gasteiger partial charge in [0.05, 0.1) is 0 Å². The van der Waals surface area contributed by atoms with Crippen LogP contribution in [0.4, 0.5) is 22.0 Å². The Labute approximate surface area is 81.5 Å². The molecule has 0 aliphatic heterocycles. The number of hydrogen-bond acceptors (Lipinski definition) is 1. The second kappa shape index (κ2) is 3.60. The molecule has 0 aliphatic carbocycles. The van der Waals surface area contributed by atoms with Gasteiger partial charge in [-0.2, -0.15) is 13.2 Å². The Hall–Kier alpha value is -1.46. The standard InChI is InChI=1S/C9H5F5O/c1-4-5(8(15)9(12,13)14)2-3-6(10)7(4)11/h2-3H,1H3. The highest BCUT2D eigenvalue weighted by Gasteiger charge is 2.40. The highest BCUT2D eigenvalue weighted by Crippen LogP contribution is 2.25. The van der Waals surface area contributed by atoms with E-state index in [1.165, 1.54) is 0 Å². The molecule has 0 fully saturated rings. The van der Waals surface area contributed by atoms with Crippen molar-refractivity contribution in [1.29, 1.82) is 0 Å². The second-order valence-corrected chi connectivity index (χ2v) is 2.86. The van der Waals surface area contributed by atoms with Crippen LogP contribution in [0.5, 0.6) is 0 Å². The van der Waals surface area contributed by atoms with Crippen LogP contribution in [0, 0.1) is 18.6 Å². The van der Waals surface area contributed by atoms with Gasteiger partial charge in [-0.15, -0.1) is 0 Å². The molecular weight excluding hydrogens is 219 g/mol. The van der Waals surface area contributed by atoms with E-state index in [0.29, 0.717) is 12.1 Å². The number of benzene rings is 1. The summed E-state index contributed by atoms with van der Waals surface area (Å²) in [5.74, 6) is -4.91. The number of carbonyl (C=O) groups excluding carboxylic acids is 1. The van der Waals surface area contributed by atoms with Crippen molar-refractivity contribution in [3.05, 3.63) is 34.9 Å². The summed E-state index contributed by atoms with van der Waals surface area (Å²) in [6.45, 7) is 0.914. The van der Waals surface area contributed by atoms with Crippen molar-refractivity contribution in [1.82, 2.24) is 0 Å². The van der Waals surface area contributed by atoms with Gasteiger partial charge in [-0.1, -0.05) is 0 Å². The van der Waals surface area contributed by atoms with E-state index in [1.54, 1.807) is 0 Å². The fourth-order valence-electron chi connectivity index (χ4n) is 1.05. The predicted molar refractivity (Wildman–Crippen MR) is 41.5 cm³/mol. The Morgan fingerprint density at radius 1 is 1.20 bits per heavy atom. The lowest BCUT2D eigenvalue weighted by molar-refractivity contribution is -0.0885. The van der Waals surface area contributed by atoms with Crippen LogP contribution in [-0.2, 0) is 0 Å². The first-order valence-electron chi connectivity index (χ1n) is 3.81. The molecule has 15 heavy (non-hydrogen) atoms. The zero-order chi connectivity index (χ0) is 11.8. The second-order valence-electron chi connectivity index (χ2n) is 2.86. The highest BCUT2D eigenvalue weighted by molar-refractivity contribution is 6.01. The zero-order valence-corrected chi connectivity index (χ0v) is 7.45. The fraction of sp³-hybridized carbons (Fsp3) is 0.222. The molecule has 6 heteroatoms. The van der Waals surface area contributed by atoms with E-state index >= 15 is 0 Å². The smallest absolute Gasteiger partial charge is 0.284 e. The van der Waals surface area contributed by atoms with Crippen LogP contribution in [0.25, 0.3) is 0 Å². The summed E-state index contributed by atoms with van der Waals surface area (Å²) < 4.78 is 61.3. The Balaban J connectivity index is 3.29. The minimum absolute atomic E-state index is 0.487. The van der Waals surface area contributed by atoms with Gasteiger partial charge in [-0.05, 0) is 24.6 Å². The van der Waals surface area contributed by atoms with Crippen molar-refractivity contribution in [3.63, 3.8) is 0 Å². The molecule has 1 rings (SSSR count). The van der Waals surface area contributed by atoms with E-state index < -0.39 is 34.7 Å². The van der Waals surface area contributed by atoms with Crippen molar-refractivity contribution < 1.29 is 26.7 Å². The highest BCUT2D eigenvalue weighted by atomic mass is 19.4. The predicted octanol–water partition coefficient (Wildman–Crippen LogP) is 3.02. The molecule has 0 saturated carbocycles. The SMILES string of the molecule is Cc1c(C(=O)C(F)(F)F)ccc(F)c1F. The third kappa shape index (κ3) is 2.14. The molecule has 0 atom stereocenters. The maximum atomic E-state index is 12.8. The summed E-state index contributed by atoms with van der Waals surface area (Å²) in [6.07, 6.45) is -5.09. The number of hydrogen-bond donors (Lipinski definition) is 0. The summed E-state index contributed by atoms with van der Waals surface area (Å²) >= 11 is 0. The van der Waals surface area contributed by atoms with Gasteiger partial charge in [0.15, 0.2) is 11.6 Å². The third-order valence-electron chi connectivity index (χ3n) is 1.84. The first-order chi connectivity index (χ1) is 6.75. The maximum absolute atomic E-state index is 12.8. The molecule has 0 unspecified atom stereocenters. The van der Waals surface area contributed by atoms with Crippen molar-refractivity contribution in [2.45, 2.75) is 13.1 Å². The molecule has 0 aromatic heterocycles. The summed E-state index contributed by atoms with van der Waals surface area (Å²) in [6, 6.07) is 1.10. The van der Waals surface area contributed by atoms with Crippen LogP contribution in [0.15, 0.2) is 12.1 Å². The number of carbonyl (C=O) groups is 1. The van der Waals surface area contributed by atoms with E-state index in [1.807, 2.05) is 0 Å². The molecule has 1 aromatic carbocycles. The number of Topliss-reactive ketones (excluding diaryl/α,β-unsaturated/α-hetero) is 1. The van der Waals surface area contributed by atoms with E-state index in [9.17, 15) is 26.7 Å². The van der Waals surface area contributed by atoms with Crippen molar-refractivity contribution in [2.24, 2.45) is 0 Å². The molecule has 0 radical (unpaired) electrons. The molecule has 1 nitrogen and oxygen atoms in total. The topological polar surface area (TPSA) is 17.1 Å². The van der Waals surface area contributed by atoms with Crippen molar-refractivity contribution >= 4 is 5.78 Å². The minimum atomic E-state index is -5.09. The van der Waals surface area contributed by atoms with Gasteiger partial charge >= 0.3 is 6.18 Å². The van der Waals surface area contributed by atoms with Crippen LogP contribution < -0.4 is 0 Å². The van der Waals surface area contributed by atoms with Gasteiger partial charge in [-0.25, -0.2) is 8.78 Å². The van der Waals surface area contributed by atoms with Crippen LogP contribution in [0.3, 0.4) is 0 Å². The van der Waals surface area contributed by atoms with Crippen LogP contribution in [0.2, 0.25) is 0 Å². The van der Waals surface area contributed by atoms with E-state index in [0.717, 1.165) is 6.92 Å². The normalized spacial score (nSPS) is 11.6. The number of rotatable bonds is 1. The average molecular weight is 224 g/mol. The average Bonchev–Trinajstić information content (AvgIpc) is 2.12. The lowest BCUT2D eigenvalue weighted by atomic mass is 10.0. The van der Waals surface area contributed by atoms with Crippen LogP contribution in [-0.4, -0.2) is 12.0 Å². The van der Waals surface area contributed by atoms with E-state index in [-0.39, 0.29) is 0 Å². The van der Waals surface area contributed by atoms with Crippen molar-refractivity contribution in [2.75, 3.05) is 0 Å². The quantitative estimate of drug-likeness (QED) is 0.529. The summed E-state index contributed by atoms with van der Waals surface area (Å²) in [5.41, 5.74) is -1.52. The summed E-state index contributed by atoms with van der Waals surface area (Å²) in [4.78, 5) is 10.7. The molecule has 0 amide bonds.